The summed E-state index contributed by atoms with van der Waals surface area (Å²) in [6.07, 6.45) is -0.444. The first-order valence-corrected chi connectivity index (χ1v) is 5.36. The Bertz CT molecular complexity index is 376. The van der Waals surface area contributed by atoms with E-state index in [1.165, 1.54) is 22.4 Å². The molecule has 4 N–H and O–H groups in total. The van der Waals surface area contributed by atoms with Gasteiger partial charge in [0.15, 0.2) is 0 Å². The third kappa shape index (κ3) is 1.73. The van der Waals surface area contributed by atoms with Gasteiger partial charge in [0.1, 0.15) is 0 Å². The monoisotopic (exact) mass is 206 g/mol. The second-order valence-electron chi connectivity index (χ2n) is 4.34. The van der Waals surface area contributed by atoms with Gasteiger partial charge in [-0.3, -0.25) is 0 Å². The van der Waals surface area contributed by atoms with Crippen LogP contribution in [0.2, 0.25) is 0 Å². The summed E-state index contributed by atoms with van der Waals surface area (Å²) in [4.78, 5) is 0. The summed E-state index contributed by atoms with van der Waals surface area (Å²) < 4.78 is 0. The number of hydrogen-bond donors (Lipinski definition) is 3. The molecule has 3 nitrogen and oxygen atoms in total. The van der Waals surface area contributed by atoms with Crippen molar-refractivity contribution in [1.82, 2.24) is 0 Å². The zero-order valence-electron chi connectivity index (χ0n) is 9.25. The summed E-state index contributed by atoms with van der Waals surface area (Å²) in [6, 6.07) is 4.30. The zero-order chi connectivity index (χ0) is 11.0. The highest BCUT2D eigenvalue weighted by molar-refractivity contribution is 5.64. The molecule has 1 aliphatic rings. The predicted octanol–water partition coefficient (Wildman–Crippen LogP) is 1.13. The fraction of sp³-hybridized carbons (Fsp3) is 0.500. The first-order chi connectivity index (χ1) is 7.13. The van der Waals surface area contributed by atoms with Crippen LogP contribution in [-0.2, 0) is 0 Å². The quantitative estimate of drug-likeness (QED) is 0.680. The van der Waals surface area contributed by atoms with Gasteiger partial charge in [-0.2, -0.15) is 0 Å². The number of aliphatic hydroxyl groups is 1. The molecule has 0 spiro atoms. The number of aliphatic hydroxyl groups excluding tert-OH is 1. The summed E-state index contributed by atoms with van der Waals surface area (Å²) in [5, 5.41) is 13.2. The Morgan fingerprint density at radius 3 is 2.93 bits per heavy atom. The zero-order valence-corrected chi connectivity index (χ0v) is 9.25. The lowest BCUT2D eigenvalue weighted by Crippen LogP contribution is -2.28. The van der Waals surface area contributed by atoms with Crippen molar-refractivity contribution in [3.63, 3.8) is 0 Å². The van der Waals surface area contributed by atoms with Crippen LogP contribution in [0.5, 0.6) is 0 Å². The minimum absolute atomic E-state index is 0.142. The minimum atomic E-state index is -0.444. The normalized spacial score (nSPS) is 20.9. The summed E-state index contributed by atoms with van der Waals surface area (Å²) in [5.74, 6) is 0.142. The van der Waals surface area contributed by atoms with Gasteiger partial charge in [0.05, 0.1) is 6.10 Å². The smallest absolute Gasteiger partial charge is 0.0748 e. The topological polar surface area (TPSA) is 58.3 Å². The molecule has 0 radical (unpaired) electrons. The first kappa shape index (κ1) is 10.5. The summed E-state index contributed by atoms with van der Waals surface area (Å²) in [6.45, 7) is 5.28. The molecule has 0 aromatic heterocycles. The number of nitrogens with one attached hydrogen (secondary N) is 1. The van der Waals surface area contributed by atoms with E-state index in [9.17, 15) is 5.11 Å². The van der Waals surface area contributed by atoms with Crippen molar-refractivity contribution in [3.05, 3.63) is 28.8 Å². The molecule has 3 heteroatoms. The molecule has 0 aliphatic carbocycles. The number of nitrogens with two attached hydrogens (primary N) is 1. The number of fused-ring (bicyclic) bond motifs is 1. The Morgan fingerprint density at radius 2 is 2.27 bits per heavy atom. The molecule has 82 valence electrons. The standard InChI is InChI=1S/C12H18N2O/c1-7-3-8(2)12-9(4-7)10(6-14-12)11(15)5-13/h3-4,10-11,14-15H,5-6,13H2,1-2H3. The predicted molar refractivity (Wildman–Crippen MR) is 62.2 cm³/mol. The van der Waals surface area contributed by atoms with E-state index >= 15 is 0 Å². The molecule has 2 atom stereocenters. The van der Waals surface area contributed by atoms with Crippen molar-refractivity contribution >= 4 is 5.69 Å². The molecule has 2 rings (SSSR count). The van der Waals surface area contributed by atoms with Gasteiger partial charge in [-0.05, 0) is 25.0 Å². The van der Waals surface area contributed by atoms with Crippen molar-refractivity contribution in [1.29, 1.82) is 0 Å². The minimum Gasteiger partial charge on any atom is -0.391 e. The average molecular weight is 206 g/mol. The van der Waals surface area contributed by atoms with Gasteiger partial charge in [0.25, 0.3) is 0 Å². The van der Waals surface area contributed by atoms with E-state index in [0.717, 1.165) is 6.54 Å². The Balaban J connectivity index is 2.41. The lowest BCUT2D eigenvalue weighted by Gasteiger charge is -2.16. The fourth-order valence-corrected chi connectivity index (χ4v) is 2.36. The van der Waals surface area contributed by atoms with Gasteiger partial charge in [0, 0.05) is 24.7 Å². The van der Waals surface area contributed by atoms with E-state index in [2.05, 4.69) is 31.3 Å². The highest BCUT2D eigenvalue weighted by atomic mass is 16.3. The van der Waals surface area contributed by atoms with Crippen LogP contribution >= 0.6 is 0 Å². The van der Waals surface area contributed by atoms with Crippen LogP contribution in [0.4, 0.5) is 5.69 Å². The number of anilines is 1. The van der Waals surface area contributed by atoms with Crippen LogP contribution in [0.25, 0.3) is 0 Å². The Hall–Kier alpha value is -1.06. The van der Waals surface area contributed by atoms with Crippen LogP contribution in [-0.4, -0.2) is 24.3 Å². The summed E-state index contributed by atoms with van der Waals surface area (Å²) >= 11 is 0. The van der Waals surface area contributed by atoms with Crippen LogP contribution < -0.4 is 11.1 Å². The summed E-state index contributed by atoms with van der Waals surface area (Å²) in [5.41, 5.74) is 10.4. The lowest BCUT2D eigenvalue weighted by atomic mass is 9.93. The molecule has 0 amide bonds. The first-order valence-electron chi connectivity index (χ1n) is 5.36. The van der Waals surface area contributed by atoms with Crippen LogP contribution in [0, 0.1) is 13.8 Å². The molecule has 0 bridgehead atoms. The summed E-state index contributed by atoms with van der Waals surface area (Å²) in [7, 11) is 0. The SMILES string of the molecule is Cc1cc(C)c2c(c1)C(C(O)CN)CN2. The molecule has 1 aromatic carbocycles. The van der Waals surface area contributed by atoms with Crippen molar-refractivity contribution < 1.29 is 5.11 Å². The van der Waals surface area contributed by atoms with Gasteiger partial charge < -0.3 is 16.2 Å². The van der Waals surface area contributed by atoms with Crippen molar-refractivity contribution in [2.45, 2.75) is 25.9 Å². The molecule has 15 heavy (non-hydrogen) atoms. The van der Waals surface area contributed by atoms with Crippen molar-refractivity contribution in [2.24, 2.45) is 5.73 Å². The van der Waals surface area contributed by atoms with Gasteiger partial charge in [-0.25, -0.2) is 0 Å². The number of rotatable bonds is 2. The van der Waals surface area contributed by atoms with Crippen LogP contribution in [0.1, 0.15) is 22.6 Å². The third-order valence-corrected chi connectivity index (χ3v) is 3.11. The van der Waals surface area contributed by atoms with Gasteiger partial charge in [0.2, 0.25) is 0 Å². The van der Waals surface area contributed by atoms with E-state index in [4.69, 9.17) is 5.73 Å². The molecule has 0 saturated heterocycles. The van der Waals surface area contributed by atoms with Gasteiger partial charge in [-0.1, -0.05) is 17.7 Å². The Morgan fingerprint density at radius 1 is 1.53 bits per heavy atom. The number of benzene rings is 1. The largest absolute Gasteiger partial charge is 0.391 e. The van der Waals surface area contributed by atoms with Crippen LogP contribution in [0.3, 0.4) is 0 Å². The van der Waals surface area contributed by atoms with E-state index < -0.39 is 6.10 Å². The molecular formula is C12H18N2O. The second-order valence-corrected chi connectivity index (χ2v) is 4.34. The second kappa shape index (κ2) is 3.83. The highest BCUT2D eigenvalue weighted by Gasteiger charge is 2.28. The maximum absolute atomic E-state index is 9.82. The van der Waals surface area contributed by atoms with Crippen molar-refractivity contribution in [2.75, 3.05) is 18.4 Å². The van der Waals surface area contributed by atoms with Crippen molar-refractivity contribution in [3.8, 4) is 0 Å². The molecule has 1 heterocycles. The average Bonchev–Trinajstić information content (AvgIpc) is 2.60. The maximum atomic E-state index is 9.82. The Kier molecular flexibility index (Phi) is 2.67. The molecule has 1 aromatic rings. The van der Waals surface area contributed by atoms with Gasteiger partial charge in [-0.15, -0.1) is 0 Å². The Labute approximate surface area is 90.3 Å². The molecule has 0 saturated carbocycles. The molecule has 2 unspecified atom stereocenters. The van der Waals surface area contributed by atoms with E-state index in [1.54, 1.807) is 0 Å². The van der Waals surface area contributed by atoms with E-state index in [1.807, 2.05) is 0 Å². The van der Waals surface area contributed by atoms with Crippen LogP contribution in [0.15, 0.2) is 12.1 Å². The number of aryl methyl sites for hydroxylation is 2. The van der Waals surface area contributed by atoms with Gasteiger partial charge >= 0.3 is 0 Å². The fourth-order valence-electron chi connectivity index (χ4n) is 2.36. The lowest BCUT2D eigenvalue weighted by molar-refractivity contribution is 0.157. The molecule has 1 aliphatic heterocycles. The molecular weight excluding hydrogens is 188 g/mol. The number of hydrogen-bond acceptors (Lipinski definition) is 3. The highest BCUT2D eigenvalue weighted by Crippen LogP contribution is 2.36. The van der Waals surface area contributed by atoms with E-state index in [-0.39, 0.29) is 5.92 Å². The maximum Gasteiger partial charge on any atom is 0.0748 e. The van der Waals surface area contributed by atoms with E-state index in [0.29, 0.717) is 6.54 Å². The molecule has 0 fully saturated rings. The third-order valence-electron chi connectivity index (χ3n) is 3.11.